The van der Waals surface area contributed by atoms with Gasteiger partial charge in [0.25, 0.3) is 0 Å². The summed E-state index contributed by atoms with van der Waals surface area (Å²) in [5.74, 6) is 7.33. The van der Waals surface area contributed by atoms with Crippen molar-refractivity contribution in [1.29, 1.82) is 0 Å². The van der Waals surface area contributed by atoms with Crippen LogP contribution in [0.5, 0.6) is 5.88 Å². The van der Waals surface area contributed by atoms with Gasteiger partial charge < -0.3 is 4.74 Å². The van der Waals surface area contributed by atoms with Crippen LogP contribution >= 0.6 is 11.3 Å². The largest absolute Gasteiger partial charge is 0.474 e. The van der Waals surface area contributed by atoms with E-state index in [1.165, 1.54) is 17.7 Å². The average Bonchev–Trinajstić information content (AvgIpc) is 2.81. The van der Waals surface area contributed by atoms with Crippen LogP contribution in [0.25, 0.3) is 10.2 Å². The first-order valence-corrected chi connectivity index (χ1v) is 7.89. The minimum atomic E-state index is 0.259. The Bertz CT molecular complexity index is 604. The predicted molar refractivity (Wildman–Crippen MR) is 82.0 cm³/mol. The van der Waals surface area contributed by atoms with E-state index >= 15 is 0 Å². The Balaban J connectivity index is 1.89. The molecule has 2 aromatic rings. The number of nitrogen functional groups attached to an aromatic ring is 1. The normalized spacial score (nSPS) is 22.9. The minimum Gasteiger partial charge on any atom is -0.474 e. The third kappa shape index (κ3) is 2.71. The number of thiophene rings is 1. The van der Waals surface area contributed by atoms with E-state index in [2.05, 4.69) is 35.3 Å². The Morgan fingerprint density at radius 3 is 2.75 bits per heavy atom. The van der Waals surface area contributed by atoms with Crippen LogP contribution in [0.3, 0.4) is 0 Å². The van der Waals surface area contributed by atoms with Crippen molar-refractivity contribution in [3.8, 4) is 5.88 Å². The van der Waals surface area contributed by atoms with Crippen molar-refractivity contribution in [2.24, 2.45) is 11.8 Å². The van der Waals surface area contributed by atoms with Crippen molar-refractivity contribution in [3.63, 3.8) is 0 Å². The molecule has 0 spiro atoms. The molecular weight excluding hydrogens is 272 g/mol. The van der Waals surface area contributed by atoms with Gasteiger partial charge in [0, 0.05) is 4.88 Å². The highest BCUT2D eigenvalue weighted by Crippen LogP contribution is 2.33. The standard InChI is InChI=1S/C14H20N4OS/c1-8-3-5-10(6-4-8)19-12-11-7-9(2)20-13(11)17-14(16-12)18-15/h7-8,10H,3-6,15H2,1-2H3,(H,16,17,18). The smallest absolute Gasteiger partial charge is 0.241 e. The molecule has 6 heteroatoms. The summed E-state index contributed by atoms with van der Waals surface area (Å²) in [5.41, 5.74) is 2.52. The molecule has 0 atom stereocenters. The Morgan fingerprint density at radius 1 is 1.30 bits per heavy atom. The van der Waals surface area contributed by atoms with Crippen LogP contribution in [0.15, 0.2) is 6.07 Å². The summed E-state index contributed by atoms with van der Waals surface area (Å²) in [6.07, 6.45) is 4.91. The number of aryl methyl sites for hydroxylation is 1. The Labute approximate surface area is 122 Å². The number of aromatic nitrogens is 2. The number of hydrogen-bond acceptors (Lipinski definition) is 6. The second-order valence-electron chi connectivity index (χ2n) is 5.57. The highest BCUT2D eigenvalue weighted by Gasteiger charge is 2.21. The molecule has 0 amide bonds. The molecule has 1 fully saturated rings. The summed E-state index contributed by atoms with van der Waals surface area (Å²) >= 11 is 1.63. The molecule has 108 valence electrons. The number of hydrogen-bond donors (Lipinski definition) is 2. The number of fused-ring (bicyclic) bond motifs is 1. The van der Waals surface area contributed by atoms with Crippen LogP contribution in [-0.2, 0) is 0 Å². The second-order valence-corrected chi connectivity index (χ2v) is 6.81. The average molecular weight is 292 g/mol. The number of nitrogens with zero attached hydrogens (tertiary/aromatic N) is 2. The third-order valence-electron chi connectivity index (χ3n) is 3.85. The lowest BCUT2D eigenvalue weighted by molar-refractivity contribution is 0.132. The highest BCUT2D eigenvalue weighted by atomic mass is 32.1. The SMILES string of the molecule is Cc1cc2c(OC3CCC(C)CC3)nc(NN)nc2s1. The molecule has 3 N–H and O–H groups in total. The lowest BCUT2D eigenvalue weighted by atomic mass is 9.89. The topological polar surface area (TPSA) is 73.1 Å². The van der Waals surface area contributed by atoms with Crippen LogP contribution in [0.1, 0.15) is 37.5 Å². The molecular formula is C14H20N4OS. The van der Waals surface area contributed by atoms with Crippen LogP contribution in [0, 0.1) is 12.8 Å². The van der Waals surface area contributed by atoms with Crippen molar-refractivity contribution in [2.75, 3.05) is 5.43 Å². The van der Waals surface area contributed by atoms with Gasteiger partial charge in [-0.1, -0.05) is 6.92 Å². The number of ether oxygens (including phenoxy) is 1. The summed E-state index contributed by atoms with van der Waals surface area (Å²) in [5, 5.41) is 0.991. The first kappa shape index (κ1) is 13.6. The van der Waals surface area contributed by atoms with E-state index in [0.717, 1.165) is 29.0 Å². The fourth-order valence-electron chi connectivity index (χ4n) is 2.68. The van der Waals surface area contributed by atoms with Crippen LogP contribution in [-0.4, -0.2) is 16.1 Å². The van der Waals surface area contributed by atoms with Gasteiger partial charge >= 0.3 is 0 Å². The van der Waals surface area contributed by atoms with Gasteiger partial charge in [-0.2, -0.15) is 4.98 Å². The Morgan fingerprint density at radius 2 is 2.05 bits per heavy atom. The molecule has 0 radical (unpaired) electrons. The molecule has 20 heavy (non-hydrogen) atoms. The molecule has 0 aromatic carbocycles. The number of nitrogens with one attached hydrogen (secondary N) is 1. The highest BCUT2D eigenvalue weighted by molar-refractivity contribution is 7.18. The van der Waals surface area contributed by atoms with Crippen LogP contribution < -0.4 is 16.0 Å². The molecule has 5 nitrogen and oxygen atoms in total. The maximum absolute atomic E-state index is 6.13. The van der Waals surface area contributed by atoms with Gasteiger partial charge in [-0.25, -0.2) is 10.8 Å². The summed E-state index contributed by atoms with van der Waals surface area (Å²) in [4.78, 5) is 10.9. The fraction of sp³-hybridized carbons (Fsp3) is 0.571. The first-order chi connectivity index (χ1) is 9.65. The van der Waals surface area contributed by atoms with Crippen molar-refractivity contribution < 1.29 is 4.74 Å². The van der Waals surface area contributed by atoms with Crippen molar-refractivity contribution in [2.45, 2.75) is 45.6 Å². The van der Waals surface area contributed by atoms with E-state index in [9.17, 15) is 0 Å². The zero-order valence-electron chi connectivity index (χ0n) is 11.8. The molecule has 1 aliphatic rings. The molecule has 1 aliphatic carbocycles. The Hall–Kier alpha value is -1.40. The minimum absolute atomic E-state index is 0.259. The molecule has 0 unspecified atom stereocenters. The van der Waals surface area contributed by atoms with Gasteiger partial charge in [0.15, 0.2) is 0 Å². The maximum atomic E-state index is 6.13. The van der Waals surface area contributed by atoms with Gasteiger partial charge in [-0.3, -0.25) is 5.43 Å². The van der Waals surface area contributed by atoms with E-state index in [1.54, 1.807) is 11.3 Å². The Kier molecular flexibility index (Phi) is 3.76. The molecule has 1 saturated carbocycles. The fourth-order valence-corrected chi connectivity index (χ4v) is 3.55. The molecule has 0 bridgehead atoms. The van der Waals surface area contributed by atoms with Gasteiger partial charge in [-0.15, -0.1) is 11.3 Å². The second kappa shape index (κ2) is 5.54. The van der Waals surface area contributed by atoms with Gasteiger partial charge in [0.2, 0.25) is 11.8 Å². The lowest BCUT2D eigenvalue weighted by Gasteiger charge is -2.26. The van der Waals surface area contributed by atoms with Gasteiger partial charge in [0.05, 0.1) is 5.39 Å². The number of rotatable bonds is 3. The quantitative estimate of drug-likeness (QED) is 0.671. The van der Waals surface area contributed by atoms with Crippen molar-refractivity contribution in [1.82, 2.24) is 9.97 Å². The summed E-state index contributed by atoms with van der Waals surface area (Å²) in [6.45, 7) is 4.37. The monoisotopic (exact) mass is 292 g/mol. The number of anilines is 1. The van der Waals surface area contributed by atoms with E-state index in [0.29, 0.717) is 11.8 Å². The molecule has 0 aliphatic heterocycles. The lowest BCUT2D eigenvalue weighted by Crippen LogP contribution is -2.23. The van der Waals surface area contributed by atoms with E-state index in [4.69, 9.17) is 10.6 Å². The third-order valence-corrected chi connectivity index (χ3v) is 4.80. The predicted octanol–water partition coefficient (Wildman–Crippen LogP) is 3.24. The molecule has 2 heterocycles. The molecule has 3 rings (SSSR count). The zero-order valence-corrected chi connectivity index (χ0v) is 12.7. The van der Waals surface area contributed by atoms with Gasteiger partial charge in [-0.05, 0) is 44.6 Å². The number of nitrogens with two attached hydrogens (primary N) is 1. The summed E-state index contributed by atoms with van der Waals surface area (Å²) < 4.78 is 6.13. The maximum Gasteiger partial charge on any atom is 0.241 e. The van der Waals surface area contributed by atoms with E-state index < -0.39 is 0 Å². The summed E-state index contributed by atoms with van der Waals surface area (Å²) in [7, 11) is 0. The molecule has 0 saturated heterocycles. The van der Waals surface area contributed by atoms with E-state index in [-0.39, 0.29) is 6.10 Å². The van der Waals surface area contributed by atoms with Crippen molar-refractivity contribution >= 4 is 27.5 Å². The molecule has 2 aromatic heterocycles. The van der Waals surface area contributed by atoms with Gasteiger partial charge in [0.1, 0.15) is 10.9 Å². The van der Waals surface area contributed by atoms with Crippen LogP contribution in [0.4, 0.5) is 5.95 Å². The zero-order chi connectivity index (χ0) is 14.1. The van der Waals surface area contributed by atoms with Crippen LogP contribution in [0.2, 0.25) is 0 Å². The first-order valence-electron chi connectivity index (χ1n) is 7.07. The van der Waals surface area contributed by atoms with Crippen molar-refractivity contribution in [3.05, 3.63) is 10.9 Å². The summed E-state index contributed by atoms with van der Waals surface area (Å²) in [6, 6.07) is 2.08. The van der Waals surface area contributed by atoms with E-state index in [1.807, 2.05) is 0 Å². The number of hydrazine groups is 1.